The molecule has 0 aromatic heterocycles. The van der Waals surface area contributed by atoms with E-state index in [0.717, 1.165) is 25.4 Å². The molecule has 0 radical (unpaired) electrons. The van der Waals surface area contributed by atoms with Crippen molar-refractivity contribution in [2.75, 3.05) is 33.2 Å². The minimum absolute atomic E-state index is 0.702. The van der Waals surface area contributed by atoms with Gasteiger partial charge in [0, 0.05) is 13.0 Å². The monoisotopic (exact) mass is 195 g/mol. The third-order valence-electron chi connectivity index (χ3n) is 2.86. The van der Waals surface area contributed by atoms with Gasteiger partial charge in [-0.15, -0.1) is 0 Å². The van der Waals surface area contributed by atoms with Gasteiger partial charge < -0.3 is 10.2 Å². The van der Waals surface area contributed by atoms with Crippen LogP contribution in [0.15, 0.2) is 0 Å². The van der Waals surface area contributed by atoms with Crippen molar-refractivity contribution in [1.29, 1.82) is 5.26 Å². The topological polar surface area (TPSA) is 39.1 Å². The number of hydrogen-bond donors (Lipinski definition) is 1. The molecule has 14 heavy (non-hydrogen) atoms. The van der Waals surface area contributed by atoms with E-state index in [1.54, 1.807) is 0 Å². The summed E-state index contributed by atoms with van der Waals surface area (Å²) in [5.74, 6) is 0.816. The summed E-state index contributed by atoms with van der Waals surface area (Å²) < 4.78 is 0. The Labute approximate surface area is 87.1 Å². The average Bonchev–Trinajstić information content (AvgIpc) is 2.19. The van der Waals surface area contributed by atoms with Crippen molar-refractivity contribution in [2.45, 2.75) is 25.7 Å². The Balaban J connectivity index is 2.16. The molecule has 0 aliphatic carbocycles. The lowest BCUT2D eigenvalue weighted by Crippen LogP contribution is -2.39. The highest BCUT2D eigenvalue weighted by molar-refractivity contribution is 4.76. The molecule has 1 aliphatic heterocycles. The van der Waals surface area contributed by atoms with Crippen LogP contribution in [0.3, 0.4) is 0 Å². The summed E-state index contributed by atoms with van der Waals surface area (Å²) >= 11 is 0. The van der Waals surface area contributed by atoms with Crippen LogP contribution in [0.1, 0.15) is 25.7 Å². The molecule has 80 valence electrons. The first-order valence-electron chi connectivity index (χ1n) is 5.60. The molecule has 1 atom stereocenters. The Bertz CT molecular complexity index is 183. The van der Waals surface area contributed by atoms with Crippen LogP contribution in [0.2, 0.25) is 0 Å². The molecular formula is C11H21N3. The van der Waals surface area contributed by atoms with E-state index >= 15 is 0 Å². The van der Waals surface area contributed by atoms with Crippen LogP contribution >= 0.6 is 0 Å². The van der Waals surface area contributed by atoms with Crippen LogP contribution < -0.4 is 5.32 Å². The maximum atomic E-state index is 8.45. The van der Waals surface area contributed by atoms with Gasteiger partial charge in [-0.2, -0.15) is 5.26 Å². The molecule has 1 aliphatic rings. The summed E-state index contributed by atoms with van der Waals surface area (Å²) in [5, 5.41) is 11.7. The Kier molecular flexibility index (Phi) is 5.58. The predicted octanol–water partition coefficient (Wildman–Crippen LogP) is 1.22. The van der Waals surface area contributed by atoms with Gasteiger partial charge in [0.1, 0.15) is 0 Å². The van der Waals surface area contributed by atoms with E-state index < -0.39 is 0 Å². The SMILES string of the molecule is CNCC1CCCN(CCCC#N)C1. The molecule has 1 N–H and O–H groups in total. The van der Waals surface area contributed by atoms with Gasteiger partial charge in [0.25, 0.3) is 0 Å². The number of nitrogens with one attached hydrogen (secondary N) is 1. The lowest BCUT2D eigenvalue weighted by atomic mass is 9.98. The van der Waals surface area contributed by atoms with Crippen molar-refractivity contribution < 1.29 is 0 Å². The van der Waals surface area contributed by atoms with Crippen LogP contribution in [0.4, 0.5) is 0 Å². The molecule has 1 fully saturated rings. The van der Waals surface area contributed by atoms with E-state index in [2.05, 4.69) is 16.3 Å². The molecule has 1 rings (SSSR count). The third kappa shape index (κ3) is 4.08. The van der Waals surface area contributed by atoms with Crippen molar-refractivity contribution in [1.82, 2.24) is 10.2 Å². The van der Waals surface area contributed by atoms with Crippen LogP contribution in [-0.4, -0.2) is 38.1 Å². The third-order valence-corrected chi connectivity index (χ3v) is 2.86. The number of piperidine rings is 1. The van der Waals surface area contributed by atoms with E-state index in [1.165, 1.54) is 25.9 Å². The molecular weight excluding hydrogens is 174 g/mol. The molecule has 0 amide bonds. The maximum Gasteiger partial charge on any atom is 0.0622 e. The number of nitrogens with zero attached hydrogens (tertiary/aromatic N) is 2. The zero-order valence-electron chi connectivity index (χ0n) is 9.13. The van der Waals surface area contributed by atoms with Gasteiger partial charge in [0.05, 0.1) is 6.07 Å². The summed E-state index contributed by atoms with van der Waals surface area (Å²) in [6, 6.07) is 2.20. The summed E-state index contributed by atoms with van der Waals surface area (Å²) in [5.41, 5.74) is 0. The number of unbranched alkanes of at least 4 members (excludes halogenated alkanes) is 1. The first-order chi connectivity index (χ1) is 6.86. The highest BCUT2D eigenvalue weighted by Crippen LogP contribution is 2.15. The van der Waals surface area contributed by atoms with E-state index in [0.29, 0.717) is 6.42 Å². The minimum Gasteiger partial charge on any atom is -0.319 e. The number of nitriles is 1. The van der Waals surface area contributed by atoms with Gasteiger partial charge in [-0.25, -0.2) is 0 Å². The summed E-state index contributed by atoms with van der Waals surface area (Å²) in [7, 11) is 2.02. The normalized spacial score (nSPS) is 23.3. The second-order valence-electron chi connectivity index (χ2n) is 4.13. The van der Waals surface area contributed by atoms with Crippen molar-refractivity contribution in [2.24, 2.45) is 5.92 Å². The number of likely N-dealkylation sites (tertiary alicyclic amines) is 1. The fourth-order valence-corrected chi connectivity index (χ4v) is 2.19. The van der Waals surface area contributed by atoms with Crippen LogP contribution in [0.5, 0.6) is 0 Å². The smallest absolute Gasteiger partial charge is 0.0622 e. The van der Waals surface area contributed by atoms with E-state index in [1.807, 2.05) is 7.05 Å². The molecule has 0 saturated carbocycles. The quantitative estimate of drug-likeness (QED) is 0.670. The molecule has 3 nitrogen and oxygen atoms in total. The molecule has 0 aromatic rings. The first kappa shape index (κ1) is 11.5. The predicted molar refractivity (Wildman–Crippen MR) is 57.9 cm³/mol. The van der Waals surface area contributed by atoms with Gasteiger partial charge in [-0.3, -0.25) is 0 Å². The zero-order valence-corrected chi connectivity index (χ0v) is 9.13. The summed E-state index contributed by atoms with van der Waals surface area (Å²) in [4.78, 5) is 2.50. The maximum absolute atomic E-state index is 8.45. The highest BCUT2D eigenvalue weighted by Gasteiger charge is 2.18. The van der Waals surface area contributed by atoms with Crippen molar-refractivity contribution in [3.05, 3.63) is 0 Å². The standard InChI is InChI=1S/C11H21N3/c1-13-9-11-5-4-8-14(10-11)7-3-2-6-12/h11,13H,2-5,7-10H2,1H3. The first-order valence-corrected chi connectivity index (χ1v) is 5.60. The lowest BCUT2D eigenvalue weighted by Gasteiger charge is -2.32. The van der Waals surface area contributed by atoms with Crippen LogP contribution in [-0.2, 0) is 0 Å². The van der Waals surface area contributed by atoms with Gasteiger partial charge >= 0.3 is 0 Å². The summed E-state index contributed by atoms with van der Waals surface area (Å²) in [6.45, 7) is 4.68. The lowest BCUT2D eigenvalue weighted by molar-refractivity contribution is 0.173. The van der Waals surface area contributed by atoms with Crippen LogP contribution in [0, 0.1) is 17.2 Å². The van der Waals surface area contributed by atoms with E-state index in [4.69, 9.17) is 5.26 Å². The van der Waals surface area contributed by atoms with Gasteiger partial charge in [-0.05, 0) is 51.9 Å². The molecule has 3 heteroatoms. The molecule has 0 spiro atoms. The van der Waals surface area contributed by atoms with E-state index in [9.17, 15) is 0 Å². The second-order valence-corrected chi connectivity index (χ2v) is 4.13. The van der Waals surface area contributed by atoms with E-state index in [-0.39, 0.29) is 0 Å². The largest absolute Gasteiger partial charge is 0.319 e. The van der Waals surface area contributed by atoms with Gasteiger partial charge in [0.15, 0.2) is 0 Å². The fourth-order valence-electron chi connectivity index (χ4n) is 2.19. The van der Waals surface area contributed by atoms with Crippen molar-refractivity contribution in [3.63, 3.8) is 0 Å². The Morgan fingerprint density at radius 2 is 2.43 bits per heavy atom. The Morgan fingerprint density at radius 1 is 1.57 bits per heavy atom. The van der Waals surface area contributed by atoms with Gasteiger partial charge in [0.2, 0.25) is 0 Å². The average molecular weight is 195 g/mol. The minimum atomic E-state index is 0.702. The molecule has 0 bridgehead atoms. The van der Waals surface area contributed by atoms with Crippen molar-refractivity contribution >= 4 is 0 Å². The zero-order chi connectivity index (χ0) is 10.2. The molecule has 1 saturated heterocycles. The Hall–Kier alpha value is -0.590. The van der Waals surface area contributed by atoms with Gasteiger partial charge in [-0.1, -0.05) is 0 Å². The number of hydrogen-bond acceptors (Lipinski definition) is 3. The molecule has 0 aromatic carbocycles. The highest BCUT2D eigenvalue weighted by atomic mass is 15.1. The Morgan fingerprint density at radius 3 is 3.14 bits per heavy atom. The summed E-state index contributed by atoms with van der Waals surface area (Å²) in [6.07, 6.45) is 4.41. The number of rotatable bonds is 5. The second kappa shape index (κ2) is 6.80. The van der Waals surface area contributed by atoms with Crippen LogP contribution in [0.25, 0.3) is 0 Å². The fraction of sp³-hybridized carbons (Fsp3) is 0.909. The van der Waals surface area contributed by atoms with Crippen molar-refractivity contribution in [3.8, 4) is 6.07 Å². The molecule has 1 heterocycles. The molecule has 1 unspecified atom stereocenters.